The molecule has 0 spiro atoms. The van der Waals surface area contributed by atoms with Crippen LogP contribution in [-0.4, -0.2) is 38.9 Å². The Morgan fingerprint density at radius 3 is 2.50 bits per heavy atom. The largest absolute Gasteiger partial charge is 0.333 e. The van der Waals surface area contributed by atoms with Gasteiger partial charge in [-0.05, 0) is 78.3 Å². The van der Waals surface area contributed by atoms with Crippen LogP contribution in [0.5, 0.6) is 0 Å². The van der Waals surface area contributed by atoms with Crippen molar-refractivity contribution < 1.29 is 9.18 Å². The zero-order valence-corrected chi connectivity index (χ0v) is 19.6. The summed E-state index contributed by atoms with van der Waals surface area (Å²) in [7, 11) is 0. The lowest BCUT2D eigenvalue weighted by Crippen LogP contribution is -2.50. The van der Waals surface area contributed by atoms with Crippen molar-refractivity contribution in [1.29, 1.82) is 5.26 Å². The second kappa shape index (κ2) is 8.81. The number of benzene rings is 3. The molecule has 2 saturated heterocycles. The number of aromatic nitrogens is 2. The lowest BCUT2D eigenvalue weighted by molar-refractivity contribution is 0.0575. The number of nitriles is 1. The first kappa shape index (κ1) is 22.3. The van der Waals surface area contributed by atoms with Crippen LogP contribution in [-0.2, 0) is 0 Å². The molecule has 0 radical (unpaired) electrons. The molecule has 0 aliphatic carbocycles. The molecule has 0 saturated carbocycles. The number of hydrogen-bond donors (Lipinski definition) is 1. The number of nitrogens with two attached hydrogens (primary N) is 1. The molecule has 7 heteroatoms. The van der Waals surface area contributed by atoms with Crippen LogP contribution in [0.15, 0.2) is 67.1 Å². The maximum Gasteiger partial charge on any atom is 0.254 e. The number of hydrogen-bond acceptors (Lipinski definition) is 5. The van der Waals surface area contributed by atoms with Crippen molar-refractivity contribution in [3.05, 3.63) is 84.1 Å². The first-order chi connectivity index (χ1) is 17.5. The summed E-state index contributed by atoms with van der Waals surface area (Å²) < 4.78 is 14.6. The average molecular weight is 478 g/mol. The Bertz CT molecular complexity index is 1530. The number of piperidine rings is 1. The third-order valence-electron chi connectivity index (χ3n) is 7.49. The van der Waals surface area contributed by atoms with Gasteiger partial charge < -0.3 is 10.6 Å². The van der Waals surface area contributed by atoms with Gasteiger partial charge in [0.1, 0.15) is 18.2 Å². The van der Waals surface area contributed by atoms with E-state index in [1.54, 1.807) is 12.3 Å². The Labute approximate surface area is 208 Å². The van der Waals surface area contributed by atoms with E-state index >= 15 is 0 Å². The monoisotopic (exact) mass is 477 g/mol. The zero-order chi connectivity index (χ0) is 24.8. The molecular formula is C29H24FN5O. The third-order valence-corrected chi connectivity index (χ3v) is 7.49. The summed E-state index contributed by atoms with van der Waals surface area (Å²) in [5.41, 5.74) is 10.6. The van der Waals surface area contributed by atoms with Crippen molar-refractivity contribution in [2.24, 2.45) is 5.73 Å². The highest BCUT2D eigenvalue weighted by molar-refractivity contribution is 5.99. The Morgan fingerprint density at radius 1 is 1.00 bits per heavy atom. The minimum Gasteiger partial charge on any atom is -0.333 e. The molecule has 2 unspecified atom stereocenters. The van der Waals surface area contributed by atoms with E-state index in [4.69, 9.17) is 5.73 Å². The summed E-state index contributed by atoms with van der Waals surface area (Å²) >= 11 is 0. The van der Waals surface area contributed by atoms with Crippen molar-refractivity contribution in [1.82, 2.24) is 14.9 Å². The van der Waals surface area contributed by atoms with Crippen LogP contribution >= 0.6 is 0 Å². The number of fused-ring (bicyclic) bond motifs is 3. The van der Waals surface area contributed by atoms with Gasteiger partial charge in [-0.2, -0.15) is 5.26 Å². The van der Waals surface area contributed by atoms with Gasteiger partial charge in [0.2, 0.25) is 0 Å². The van der Waals surface area contributed by atoms with Crippen LogP contribution in [0, 0.1) is 17.1 Å². The average Bonchev–Trinajstić information content (AvgIpc) is 3.18. The Kier molecular flexibility index (Phi) is 5.46. The SMILES string of the molecule is N#Cc1ccc(-c2cc(C(=O)N3C4CCC3CC(N)C4)ccc2-c2ccc3cncnc3c2)cc1F. The Hall–Kier alpha value is -4.15. The van der Waals surface area contributed by atoms with Crippen molar-refractivity contribution in [2.45, 2.75) is 43.8 Å². The summed E-state index contributed by atoms with van der Waals surface area (Å²) in [6.45, 7) is 0. The van der Waals surface area contributed by atoms with E-state index in [2.05, 4.69) is 9.97 Å². The van der Waals surface area contributed by atoms with Crippen molar-refractivity contribution in [2.75, 3.05) is 0 Å². The van der Waals surface area contributed by atoms with Crippen LogP contribution in [0.2, 0.25) is 0 Å². The summed E-state index contributed by atoms with van der Waals surface area (Å²) in [4.78, 5) is 24.1. The molecule has 2 atom stereocenters. The number of rotatable bonds is 3. The van der Waals surface area contributed by atoms with Gasteiger partial charge in [0.25, 0.3) is 5.91 Å². The van der Waals surface area contributed by atoms with Crippen LogP contribution in [0.4, 0.5) is 4.39 Å². The molecule has 2 bridgehead atoms. The quantitative estimate of drug-likeness (QED) is 0.445. The van der Waals surface area contributed by atoms with Gasteiger partial charge in [0.15, 0.2) is 0 Å². The van der Waals surface area contributed by atoms with Gasteiger partial charge in [-0.15, -0.1) is 0 Å². The van der Waals surface area contributed by atoms with Crippen LogP contribution in [0.1, 0.15) is 41.6 Å². The molecule has 2 N–H and O–H groups in total. The highest BCUT2D eigenvalue weighted by atomic mass is 19.1. The van der Waals surface area contributed by atoms with E-state index in [1.165, 1.54) is 18.5 Å². The first-order valence-corrected chi connectivity index (χ1v) is 12.1. The lowest BCUT2D eigenvalue weighted by Gasteiger charge is -2.38. The Balaban J connectivity index is 1.47. The lowest BCUT2D eigenvalue weighted by atomic mass is 9.91. The normalized spacial score (nSPS) is 20.9. The fourth-order valence-corrected chi connectivity index (χ4v) is 5.78. The van der Waals surface area contributed by atoms with E-state index in [9.17, 15) is 14.4 Å². The van der Waals surface area contributed by atoms with Crippen LogP contribution < -0.4 is 5.73 Å². The van der Waals surface area contributed by atoms with Crippen molar-refractivity contribution in [3.63, 3.8) is 0 Å². The van der Waals surface area contributed by atoms with Gasteiger partial charge in [-0.3, -0.25) is 4.79 Å². The zero-order valence-electron chi connectivity index (χ0n) is 19.6. The maximum atomic E-state index is 14.6. The van der Waals surface area contributed by atoms with Crippen molar-refractivity contribution in [3.8, 4) is 28.3 Å². The molecule has 4 aromatic rings. The maximum absolute atomic E-state index is 14.6. The minimum atomic E-state index is -0.591. The number of amides is 1. The summed E-state index contributed by atoms with van der Waals surface area (Å²) in [5.74, 6) is -0.602. The number of halogens is 1. The summed E-state index contributed by atoms with van der Waals surface area (Å²) in [6, 6.07) is 18.4. The van der Waals surface area contributed by atoms with Gasteiger partial charge in [-0.1, -0.05) is 24.3 Å². The topological polar surface area (TPSA) is 95.9 Å². The molecule has 3 heterocycles. The molecule has 36 heavy (non-hydrogen) atoms. The molecular weight excluding hydrogens is 453 g/mol. The van der Waals surface area contributed by atoms with E-state index in [0.717, 1.165) is 53.3 Å². The molecule has 6 rings (SSSR count). The second-order valence-corrected chi connectivity index (χ2v) is 9.69. The van der Waals surface area contributed by atoms with Gasteiger partial charge in [0.05, 0.1) is 11.1 Å². The van der Waals surface area contributed by atoms with Gasteiger partial charge >= 0.3 is 0 Å². The highest BCUT2D eigenvalue weighted by Gasteiger charge is 2.42. The molecule has 1 amide bonds. The standard InChI is InChI=1S/C29H24FN5O/c30-27-10-17(1-3-20(27)14-31)26-9-19(29(36)35-23-6-7-24(35)13-22(32)12-23)5-8-25(26)18-2-4-21-15-33-16-34-28(21)11-18/h1-5,8-11,15-16,22-24H,6-7,12-13,32H2. The number of carbonyl (C=O) groups excluding carboxylic acids is 1. The van der Waals surface area contributed by atoms with Crippen molar-refractivity contribution >= 4 is 16.8 Å². The Morgan fingerprint density at radius 2 is 1.75 bits per heavy atom. The molecule has 2 fully saturated rings. The smallest absolute Gasteiger partial charge is 0.254 e. The minimum absolute atomic E-state index is 0.0115. The molecule has 2 aliphatic rings. The predicted octanol–water partition coefficient (Wildman–Crippen LogP) is 5.07. The second-order valence-electron chi connectivity index (χ2n) is 9.69. The van der Waals surface area contributed by atoms with Gasteiger partial charge in [-0.25, -0.2) is 14.4 Å². The summed E-state index contributed by atoms with van der Waals surface area (Å²) in [6.07, 6.45) is 6.87. The molecule has 1 aromatic heterocycles. The summed E-state index contributed by atoms with van der Waals surface area (Å²) in [5, 5.41) is 10.1. The van der Waals surface area contributed by atoms with Gasteiger partial charge in [0, 0.05) is 35.3 Å². The molecule has 2 aliphatic heterocycles. The molecule has 178 valence electrons. The van der Waals surface area contributed by atoms with E-state index in [-0.39, 0.29) is 29.6 Å². The van der Waals surface area contributed by atoms with E-state index in [0.29, 0.717) is 11.1 Å². The fraction of sp³-hybridized carbons (Fsp3) is 0.241. The fourth-order valence-electron chi connectivity index (χ4n) is 5.78. The van der Waals surface area contributed by atoms with Crippen LogP contribution in [0.25, 0.3) is 33.2 Å². The predicted molar refractivity (Wildman–Crippen MR) is 135 cm³/mol. The number of nitrogens with zero attached hydrogens (tertiary/aromatic N) is 4. The van der Waals surface area contributed by atoms with E-state index in [1.807, 2.05) is 47.4 Å². The number of carbonyl (C=O) groups is 1. The first-order valence-electron chi connectivity index (χ1n) is 12.1. The molecule has 3 aromatic carbocycles. The highest BCUT2D eigenvalue weighted by Crippen LogP contribution is 2.39. The molecule has 6 nitrogen and oxygen atoms in total. The third kappa shape index (κ3) is 3.80. The van der Waals surface area contributed by atoms with E-state index < -0.39 is 5.82 Å². The van der Waals surface area contributed by atoms with Crippen LogP contribution in [0.3, 0.4) is 0 Å².